The smallest absolute Gasteiger partial charge is 0.270 e. The zero-order valence-corrected chi connectivity index (χ0v) is 13.0. The van der Waals surface area contributed by atoms with Gasteiger partial charge in [-0.3, -0.25) is 9.89 Å². The number of hydrogen-bond donors (Lipinski definition) is 2. The van der Waals surface area contributed by atoms with Crippen molar-refractivity contribution in [2.45, 2.75) is 13.5 Å². The van der Waals surface area contributed by atoms with Crippen molar-refractivity contribution in [3.8, 4) is 0 Å². The summed E-state index contributed by atoms with van der Waals surface area (Å²) in [5, 5.41) is 9.34. The minimum atomic E-state index is -0.179. The van der Waals surface area contributed by atoms with Crippen molar-refractivity contribution in [1.29, 1.82) is 0 Å². The van der Waals surface area contributed by atoms with Gasteiger partial charge in [0.05, 0.1) is 21.7 Å². The van der Waals surface area contributed by atoms with E-state index in [0.717, 1.165) is 16.9 Å². The number of carbonyl (C=O) groups excluding carboxylic acids is 1. The van der Waals surface area contributed by atoms with Gasteiger partial charge in [0.1, 0.15) is 11.5 Å². The summed E-state index contributed by atoms with van der Waals surface area (Å²) in [4.78, 5) is 16.5. The molecule has 7 heteroatoms. The maximum absolute atomic E-state index is 12.0. The van der Waals surface area contributed by atoms with Crippen molar-refractivity contribution in [2.75, 3.05) is 6.54 Å². The van der Waals surface area contributed by atoms with Crippen molar-refractivity contribution >= 4 is 32.9 Å². The third kappa shape index (κ3) is 2.69. The van der Waals surface area contributed by atoms with Gasteiger partial charge in [-0.25, -0.2) is 4.98 Å². The van der Waals surface area contributed by atoms with E-state index in [9.17, 15) is 4.79 Å². The number of H-pyrrole nitrogens is 1. The number of nitrogens with zero attached hydrogens (tertiary/aromatic N) is 3. The van der Waals surface area contributed by atoms with Gasteiger partial charge < -0.3 is 9.88 Å². The summed E-state index contributed by atoms with van der Waals surface area (Å²) < 4.78 is 2.75. The first-order chi connectivity index (χ1) is 10.2. The Kier molecular flexibility index (Phi) is 3.74. The number of carbonyl (C=O) groups is 1. The average Bonchev–Trinajstić information content (AvgIpc) is 3.03. The third-order valence-corrected chi connectivity index (χ3v) is 3.89. The fraction of sp³-hybridized carbons (Fsp3) is 0.214. The monoisotopic (exact) mass is 347 g/mol. The van der Waals surface area contributed by atoms with Gasteiger partial charge in [-0.15, -0.1) is 0 Å². The number of benzene rings is 1. The number of rotatable bonds is 4. The molecule has 0 aliphatic carbocycles. The Hall–Kier alpha value is -2.15. The Morgan fingerprint density at radius 1 is 1.43 bits per heavy atom. The number of aromatic amines is 1. The highest BCUT2D eigenvalue weighted by Crippen LogP contribution is 2.15. The molecule has 0 fully saturated rings. The molecule has 0 bridgehead atoms. The third-order valence-electron chi connectivity index (χ3n) is 3.29. The molecule has 108 valence electrons. The first-order valence-corrected chi connectivity index (χ1v) is 7.35. The summed E-state index contributed by atoms with van der Waals surface area (Å²) in [6.45, 7) is 3.16. The SMILES string of the molecule is Cc1nc2ccccc2n1CCNC(=O)c1[nH]ncc1Br. The minimum Gasteiger partial charge on any atom is -0.349 e. The van der Waals surface area contributed by atoms with Crippen LogP contribution in [0.5, 0.6) is 0 Å². The molecule has 1 aromatic carbocycles. The molecule has 0 aliphatic heterocycles. The second-order valence-electron chi connectivity index (χ2n) is 4.65. The van der Waals surface area contributed by atoms with E-state index < -0.39 is 0 Å². The molecule has 0 radical (unpaired) electrons. The highest BCUT2D eigenvalue weighted by atomic mass is 79.9. The average molecular weight is 348 g/mol. The standard InChI is InChI=1S/C14H14BrN5O/c1-9-18-11-4-2-3-5-12(11)20(9)7-6-16-14(21)13-10(15)8-17-19-13/h2-5,8H,6-7H2,1H3,(H,16,21)(H,17,19). The molecule has 6 nitrogen and oxygen atoms in total. The molecular weight excluding hydrogens is 334 g/mol. The van der Waals surface area contributed by atoms with Crippen LogP contribution in [0.3, 0.4) is 0 Å². The summed E-state index contributed by atoms with van der Waals surface area (Å²) in [6, 6.07) is 7.97. The van der Waals surface area contributed by atoms with E-state index in [1.165, 1.54) is 0 Å². The molecule has 0 saturated carbocycles. The van der Waals surface area contributed by atoms with Crippen molar-refractivity contribution in [1.82, 2.24) is 25.1 Å². The number of para-hydroxylation sites is 2. The summed E-state index contributed by atoms with van der Waals surface area (Å²) in [7, 11) is 0. The molecule has 0 saturated heterocycles. The van der Waals surface area contributed by atoms with E-state index >= 15 is 0 Å². The summed E-state index contributed by atoms with van der Waals surface area (Å²) in [5.41, 5.74) is 2.48. The molecule has 21 heavy (non-hydrogen) atoms. The molecule has 0 unspecified atom stereocenters. The Balaban J connectivity index is 1.69. The van der Waals surface area contributed by atoms with Crippen molar-refractivity contribution in [2.24, 2.45) is 0 Å². The molecule has 2 N–H and O–H groups in total. The van der Waals surface area contributed by atoms with Gasteiger partial charge in [-0.2, -0.15) is 5.10 Å². The quantitative estimate of drug-likeness (QED) is 0.759. The van der Waals surface area contributed by atoms with Crippen LogP contribution >= 0.6 is 15.9 Å². The van der Waals surface area contributed by atoms with Crippen LogP contribution < -0.4 is 5.32 Å². The van der Waals surface area contributed by atoms with Gasteiger partial charge in [-0.1, -0.05) is 12.1 Å². The molecule has 0 atom stereocenters. The summed E-state index contributed by atoms with van der Waals surface area (Å²) in [5.74, 6) is 0.759. The molecule has 2 aromatic heterocycles. The van der Waals surface area contributed by atoms with E-state index in [-0.39, 0.29) is 5.91 Å². The number of hydrogen-bond acceptors (Lipinski definition) is 3. The van der Waals surface area contributed by atoms with Crippen LogP contribution in [0.2, 0.25) is 0 Å². The molecule has 2 heterocycles. The van der Waals surface area contributed by atoms with Gasteiger partial charge in [0.25, 0.3) is 5.91 Å². The number of aryl methyl sites for hydroxylation is 1. The van der Waals surface area contributed by atoms with E-state index in [2.05, 4.69) is 41.0 Å². The molecule has 0 spiro atoms. The fourth-order valence-corrected chi connectivity index (χ4v) is 2.65. The Labute approximate surface area is 129 Å². The highest BCUT2D eigenvalue weighted by Gasteiger charge is 2.12. The van der Waals surface area contributed by atoms with Crippen LogP contribution in [-0.2, 0) is 6.54 Å². The summed E-state index contributed by atoms with van der Waals surface area (Å²) >= 11 is 3.27. The number of aromatic nitrogens is 4. The van der Waals surface area contributed by atoms with Crippen molar-refractivity contribution in [3.63, 3.8) is 0 Å². The van der Waals surface area contributed by atoms with Crippen LogP contribution in [-0.4, -0.2) is 32.2 Å². The zero-order valence-electron chi connectivity index (χ0n) is 11.4. The van der Waals surface area contributed by atoms with Crippen LogP contribution in [0.4, 0.5) is 0 Å². The van der Waals surface area contributed by atoms with Crippen LogP contribution in [0.15, 0.2) is 34.9 Å². The van der Waals surface area contributed by atoms with Crippen LogP contribution in [0.1, 0.15) is 16.3 Å². The number of fused-ring (bicyclic) bond motifs is 1. The number of amides is 1. The zero-order chi connectivity index (χ0) is 14.8. The topological polar surface area (TPSA) is 75.6 Å². The van der Waals surface area contributed by atoms with E-state index in [1.54, 1.807) is 6.20 Å². The Bertz CT molecular complexity index is 792. The first-order valence-electron chi connectivity index (χ1n) is 6.56. The lowest BCUT2D eigenvalue weighted by Crippen LogP contribution is -2.28. The second-order valence-corrected chi connectivity index (χ2v) is 5.50. The number of nitrogens with one attached hydrogen (secondary N) is 2. The lowest BCUT2D eigenvalue weighted by atomic mass is 10.3. The van der Waals surface area contributed by atoms with Crippen molar-refractivity contribution in [3.05, 3.63) is 46.5 Å². The Morgan fingerprint density at radius 3 is 3.00 bits per heavy atom. The van der Waals surface area contributed by atoms with E-state index in [0.29, 0.717) is 23.3 Å². The van der Waals surface area contributed by atoms with Gasteiger partial charge in [0.2, 0.25) is 0 Å². The predicted octanol–water partition coefficient (Wildman–Crippen LogP) is 2.26. The van der Waals surface area contributed by atoms with Gasteiger partial charge in [0.15, 0.2) is 0 Å². The predicted molar refractivity (Wildman–Crippen MR) is 83.1 cm³/mol. The fourth-order valence-electron chi connectivity index (χ4n) is 2.28. The molecular formula is C14H14BrN5O. The number of halogens is 1. The molecule has 0 aliphatic rings. The van der Waals surface area contributed by atoms with Gasteiger partial charge >= 0.3 is 0 Å². The van der Waals surface area contributed by atoms with Crippen molar-refractivity contribution < 1.29 is 4.79 Å². The van der Waals surface area contributed by atoms with Gasteiger partial charge in [-0.05, 0) is 35.0 Å². The minimum absolute atomic E-state index is 0.179. The maximum atomic E-state index is 12.0. The highest BCUT2D eigenvalue weighted by molar-refractivity contribution is 9.10. The number of imidazole rings is 1. The van der Waals surface area contributed by atoms with Crippen LogP contribution in [0.25, 0.3) is 11.0 Å². The lowest BCUT2D eigenvalue weighted by Gasteiger charge is -2.08. The van der Waals surface area contributed by atoms with Crippen LogP contribution in [0, 0.1) is 6.92 Å². The van der Waals surface area contributed by atoms with Gasteiger partial charge in [0, 0.05) is 13.1 Å². The largest absolute Gasteiger partial charge is 0.349 e. The molecule has 3 rings (SSSR count). The molecule has 3 aromatic rings. The summed E-state index contributed by atoms with van der Waals surface area (Å²) in [6.07, 6.45) is 1.56. The second kappa shape index (κ2) is 5.69. The van der Waals surface area contributed by atoms with E-state index in [1.807, 2.05) is 31.2 Å². The maximum Gasteiger partial charge on any atom is 0.270 e. The molecule has 1 amide bonds. The lowest BCUT2D eigenvalue weighted by molar-refractivity contribution is 0.0946. The first kappa shape index (κ1) is 13.8. The Morgan fingerprint density at radius 2 is 2.24 bits per heavy atom. The normalized spacial score (nSPS) is 11.0. The van der Waals surface area contributed by atoms with E-state index in [4.69, 9.17) is 0 Å².